The van der Waals surface area contributed by atoms with Gasteiger partial charge >= 0.3 is 5.97 Å². The van der Waals surface area contributed by atoms with Crippen LogP contribution in [0.3, 0.4) is 0 Å². The third-order valence-corrected chi connectivity index (χ3v) is 21.8. The molecule has 0 radical (unpaired) electrons. The minimum Gasteiger partial charge on any atom is -0.508 e. The number of pyridine rings is 1. The molecule has 10 bridgehead atoms. The number of benzene rings is 2. The first kappa shape index (κ1) is 61.6. The highest BCUT2D eigenvalue weighted by molar-refractivity contribution is 7.15. The van der Waals surface area contributed by atoms with E-state index in [2.05, 4.69) is 26.3 Å². The summed E-state index contributed by atoms with van der Waals surface area (Å²) in [5, 5.41) is 53.9. The Kier molecular flexibility index (Phi) is 17.9. The summed E-state index contributed by atoms with van der Waals surface area (Å²) in [6, 6.07) is 15.2. The molecule has 6 amide bonds. The number of fused-ring (bicyclic) bond motifs is 16. The first-order valence-corrected chi connectivity index (χ1v) is 33.9. The Morgan fingerprint density at radius 1 is 0.678 bits per heavy atom. The second kappa shape index (κ2) is 26.1. The number of aliphatic hydroxyl groups excluding tert-OH is 1. The maximum Gasteiger partial charge on any atom is 0.306 e. The van der Waals surface area contributed by atoms with Crippen molar-refractivity contribution >= 4 is 109 Å². The quantitative estimate of drug-likeness (QED) is 0.0634. The molecule has 2 aromatic carbocycles. The number of thiazole rings is 6. The van der Waals surface area contributed by atoms with Crippen molar-refractivity contribution in [2.24, 2.45) is 17.6 Å². The number of nitrogens with one attached hydrogen (secondary N) is 4. The van der Waals surface area contributed by atoms with Crippen LogP contribution in [0.15, 0.2) is 93.6 Å². The lowest BCUT2D eigenvalue weighted by Crippen LogP contribution is -2.50. The first-order valence-electron chi connectivity index (χ1n) is 28.7. The van der Waals surface area contributed by atoms with Gasteiger partial charge in [0.2, 0.25) is 11.8 Å². The standard InChI is InChI=1S/C61H57N13O10S6/c1-27(31-7-5-4-6-8-31)46-58-70-42(25-88-58)52(80)66-38(19-30-9-15-34(75)16-10-30)60(82)74-21-44(76)28(2)49(74)59-71-43(26-89-59)56-67-39(22-86-56)48-35(17-18-36(64-48)55-69-40(24-87-55)50(78)63-33-13-11-32(12-14-33)61(83)84)54-68-41(23-85-54)51(79)65-37(20-45(62)77)57-73-47(29(3)90-57)53(81)72-46/h4-10,15-18,22-28,32-33,37-38,44,46,49,75-76H,11-14,19-21H2,1-3H3,(H2,62,77)(H,63,78)(H,65,79)(H,66,80)(H,72,81)(H,83,84)/t27-,28+,32-,33-,37+,38+,44+,46+,49+/m1/s1. The van der Waals surface area contributed by atoms with Gasteiger partial charge in [-0.25, -0.2) is 34.9 Å². The maximum atomic E-state index is 15.2. The zero-order valence-corrected chi connectivity index (χ0v) is 53.1. The van der Waals surface area contributed by atoms with Gasteiger partial charge < -0.3 is 47.2 Å². The molecule has 9 aromatic rings. The Balaban J connectivity index is 0.931. The lowest BCUT2D eigenvalue weighted by molar-refractivity contribution is -0.143. The van der Waals surface area contributed by atoms with Gasteiger partial charge in [0.1, 0.15) is 81.7 Å². The summed E-state index contributed by atoms with van der Waals surface area (Å²) >= 11 is 7.18. The number of carbonyl (C=O) groups is 7. The number of aliphatic hydroxyl groups is 1. The van der Waals surface area contributed by atoms with Crippen LogP contribution in [0.4, 0.5) is 0 Å². The van der Waals surface area contributed by atoms with E-state index < -0.39 is 89.4 Å². The molecule has 9 heterocycles. The number of hydrogen-bond acceptors (Lipinski definition) is 22. The van der Waals surface area contributed by atoms with Crippen LogP contribution in [0.2, 0.25) is 0 Å². The number of phenolic OH excluding ortho intramolecular Hbond substituents is 1. The number of carboxylic acid groups (broad SMARTS) is 1. The Hall–Kier alpha value is -8.58. The van der Waals surface area contributed by atoms with E-state index in [1.165, 1.54) is 46.1 Å². The summed E-state index contributed by atoms with van der Waals surface area (Å²) in [4.78, 5) is 133. The topological polar surface area (TPSA) is 348 Å². The van der Waals surface area contributed by atoms with Gasteiger partial charge in [-0.05, 0) is 68.0 Å². The zero-order valence-electron chi connectivity index (χ0n) is 48.2. The number of carboxylic acids is 1. The molecule has 7 aromatic heterocycles. The summed E-state index contributed by atoms with van der Waals surface area (Å²) in [6.07, 6.45) is 0.644. The van der Waals surface area contributed by atoms with Gasteiger partial charge in [0.15, 0.2) is 0 Å². The molecule has 9 N–H and O–H groups in total. The van der Waals surface area contributed by atoms with Gasteiger partial charge in [-0.1, -0.05) is 56.3 Å². The van der Waals surface area contributed by atoms with Crippen molar-refractivity contribution < 1.29 is 48.9 Å². The predicted molar refractivity (Wildman–Crippen MR) is 340 cm³/mol. The van der Waals surface area contributed by atoms with Gasteiger partial charge in [-0.15, -0.1) is 68.0 Å². The van der Waals surface area contributed by atoms with E-state index in [0.717, 1.165) is 39.6 Å². The molecule has 1 saturated heterocycles. The summed E-state index contributed by atoms with van der Waals surface area (Å²) in [7, 11) is 0. The van der Waals surface area contributed by atoms with Gasteiger partial charge in [-0.3, -0.25) is 33.6 Å². The number of nitrogens with two attached hydrogens (primary N) is 1. The molecule has 1 saturated carbocycles. The van der Waals surface area contributed by atoms with Crippen molar-refractivity contribution in [3.8, 4) is 49.1 Å². The fourth-order valence-corrected chi connectivity index (χ4v) is 16.7. The van der Waals surface area contributed by atoms with Gasteiger partial charge in [0.05, 0.1) is 42.3 Å². The highest BCUT2D eigenvalue weighted by Gasteiger charge is 2.46. The highest BCUT2D eigenvalue weighted by Crippen LogP contribution is 2.43. The molecular weight excluding hydrogens is 1270 g/mol. The van der Waals surface area contributed by atoms with Crippen LogP contribution >= 0.6 is 68.0 Å². The van der Waals surface area contributed by atoms with Crippen LogP contribution in [-0.4, -0.2) is 121 Å². The number of nitrogens with zero attached hydrogens (tertiary/aromatic N) is 8. The van der Waals surface area contributed by atoms with Crippen molar-refractivity contribution in [2.75, 3.05) is 6.54 Å². The normalized spacial score (nSPS) is 21.8. The fraction of sp³-hybridized carbons (Fsp3) is 0.311. The van der Waals surface area contributed by atoms with Gasteiger partial charge in [-0.2, -0.15) is 0 Å². The van der Waals surface area contributed by atoms with Gasteiger partial charge in [0.25, 0.3) is 23.6 Å². The predicted octanol–water partition coefficient (Wildman–Crippen LogP) is 8.73. The molecular formula is C61H57N13O10S6. The van der Waals surface area contributed by atoms with E-state index >= 15 is 4.79 Å². The molecule has 7 atom stereocenters. The van der Waals surface area contributed by atoms with Crippen LogP contribution in [0.5, 0.6) is 5.75 Å². The molecule has 0 spiro atoms. The molecule has 29 heteroatoms. The second-order valence-corrected chi connectivity index (χ2v) is 27.9. The number of rotatable bonds is 10. The molecule has 1 aliphatic carbocycles. The zero-order chi connectivity index (χ0) is 63.1. The number of phenols is 1. The van der Waals surface area contributed by atoms with Crippen molar-refractivity contribution in [1.29, 1.82) is 0 Å². The van der Waals surface area contributed by atoms with E-state index in [1.54, 1.807) is 57.6 Å². The Morgan fingerprint density at radius 3 is 2.07 bits per heavy atom. The molecule has 23 nitrogen and oxygen atoms in total. The molecule has 462 valence electrons. The molecule has 90 heavy (non-hydrogen) atoms. The fourth-order valence-electron chi connectivity index (χ4n) is 11.3. The number of aromatic hydroxyl groups is 1. The number of amides is 6. The Morgan fingerprint density at radius 2 is 1.32 bits per heavy atom. The number of aromatic nitrogens is 7. The molecule has 2 fully saturated rings. The minimum atomic E-state index is -1.20. The molecule has 2 aliphatic heterocycles. The van der Waals surface area contributed by atoms with Crippen molar-refractivity contribution in [3.05, 3.63) is 147 Å². The van der Waals surface area contributed by atoms with Crippen molar-refractivity contribution in [1.82, 2.24) is 61.1 Å². The van der Waals surface area contributed by atoms with Crippen molar-refractivity contribution in [2.45, 2.75) is 102 Å². The average molecular weight is 1320 g/mol. The van der Waals surface area contributed by atoms with Crippen molar-refractivity contribution in [3.63, 3.8) is 0 Å². The third kappa shape index (κ3) is 13.1. The SMILES string of the molecule is Cc1sc2nc1C(=O)N[C@@H]([C@H](C)c1ccccc1)c1nc(cs1)C(=O)N[C@@H](Cc1ccc(O)cc1)C(=O)N1C[C@H](O)[C@H](C)[C@H]1c1nc(cs1)-c1nc(cs1)-c1nc(-c3nc(C(=O)N[C@H]4CC[C@H](C(=O)O)CC4)cs3)ccc1-c1nc(cs1)C(=O)N[C@H]2CC(N)=O. The van der Waals surface area contributed by atoms with E-state index in [-0.39, 0.29) is 59.0 Å². The Bertz CT molecular complexity index is 4210. The summed E-state index contributed by atoms with van der Waals surface area (Å²) in [6.45, 7) is 5.37. The number of aryl methyl sites for hydroxylation is 1. The van der Waals surface area contributed by atoms with Crippen LogP contribution in [0.25, 0.3) is 43.4 Å². The second-order valence-electron chi connectivity index (χ2n) is 22.3. The average Bonchev–Trinajstić information content (AvgIpc) is 1.70. The Labute approximate surface area is 538 Å². The van der Waals surface area contributed by atoms with E-state index in [1.807, 2.05) is 49.6 Å². The summed E-state index contributed by atoms with van der Waals surface area (Å²) < 4.78 is 0. The minimum absolute atomic E-state index is 0.000124. The summed E-state index contributed by atoms with van der Waals surface area (Å²) in [5.41, 5.74) is 9.55. The monoisotopic (exact) mass is 1320 g/mol. The van der Waals surface area contributed by atoms with E-state index in [4.69, 9.17) is 35.6 Å². The maximum absolute atomic E-state index is 15.2. The van der Waals surface area contributed by atoms with Crippen LogP contribution in [0.1, 0.15) is 143 Å². The number of aliphatic carboxylic acids is 1. The van der Waals surface area contributed by atoms with E-state index in [0.29, 0.717) is 89.5 Å². The van der Waals surface area contributed by atoms with E-state index in [9.17, 15) is 44.1 Å². The number of primary amides is 1. The third-order valence-electron chi connectivity index (χ3n) is 16.2. The smallest absolute Gasteiger partial charge is 0.306 e. The number of hydrogen-bond donors (Lipinski definition) is 8. The summed E-state index contributed by atoms with van der Waals surface area (Å²) in [5.74, 6) is -5.75. The molecule has 12 rings (SSSR count). The molecule has 0 unspecified atom stereocenters. The first-order chi connectivity index (χ1) is 43.3. The largest absolute Gasteiger partial charge is 0.508 e. The lowest BCUT2D eigenvalue weighted by Gasteiger charge is -2.29. The van der Waals surface area contributed by atoms with Crippen LogP contribution < -0.4 is 27.0 Å². The molecule has 3 aliphatic rings. The number of carbonyl (C=O) groups excluding carboxylic acids is 6. The highest BCUT2D eigenvalue weighted by atomic mass is 32.1. The van der Waals surface area contributed by atoms with Gasteiger partial charge in [0, 0.05) is 68.2 Å². The van der Waals surface area contributed by atoms with Crippen LogP contribution in [-0.2, 0) is 20.8 Å². The van der Waals surface area contributed by atoms with Crippen LogP contribution in [0, 0.1) is 18.8 Å². The lowest BCUT2D eigenvalue weighted by atomic mass is 9.86.